The van der Waals surface area contributed by atoms with E-state index in [0.29, 0.717) is 0 Å². The average molecular weight is 315 g/mol. The Morgan fingerprint density at radius 2 is 1.64 bits per heavy atom. The smallest absolute Gasteiger partial charge is 0.150 e. The minimum absolute atomic E-state index is 0.0982. The molecule has 0 saturated carbocycles. The molecule has 0 radical (unpaired) electrons. The molecular formula is C19H26O2Si. The van der Waals surface area contributed by atoms with Gasteiger partial charge in [-0.05, 0) is 33.8 Å². The Bertz CT molecular complexity index is 666. The van der Waals surface area contributed by atoms with Gasteiger partial charge in [-0.25, -0.2) is 0 Å². The highest BCUT2D eigenvalue weighted by Gasteiger charge is 2.43. The van der Waals surface area contributed by atoms with Crippen molar-refractivity contribution in [1.82, 2.24) is 0 Å². The van der Waals surface area contributed by atoms with E-state index in [2.05, 4.69) is 33.9 Å². The van der Waals surface area contributed by atoms with E-state index < -0.39 is 14.2 Å². The van der Waals surface area contributed by atoms with Crippen molar-refractivity contribution >= 4 is 19.5 Å². The van der Waals surface area contributed by atoms with Crippen molar-refractivity contribution in [1.29, 1.82) is 0 Å². The van der Waals surface area contributed by atoms with Crippen LogP contribution in [-0.4, -0.2) is 19.5 Å². The summed E-state index contributed by atoms with van der Waals surface area (Å²) in [5.41, 5.74) is 3.67. The Morgan fingerprint density at radius 1 is 1.09 bits per heavy atom. The van der Waals surface area contributed by atoms with Gasteiger partial charge >= 0.3 is 0 Å². The Hall–Kier alpha value is -1.45. The molecule has 0 aromatic heterocycles. The summed E-state index contributed by atoms with van der Waals surface area (Å²) in [5, 5.41) is 11.6. The first kappa shape index (κ1) is 16.9. The molecule has 0 aliphatic heterocycles. The molecule has 0 bridgehead atoms. The van der Waals surface area contributed by atoms with Gasteiger partial charge in [-0.1, -0.05) is 64.2 Å². The molecule has 0 amide bonds. The van der Waals surface area contributed by atoms with Crippen LogP contribution in [0.15, 0.2) is 30.3 Å². The largest absolute Gasteiger partial charge is 0.389 e. The van der Waals surface area contributed by atoms with Gasteiger partial charge in [0.2, 0.25) is 0 Å². The van der Waals surface area contributed by atoms with Crippen LogP contribution in [0.1, 0.15) is 49.7 Å². The summed E-state index contributed by atoms with van der Waals surface area (Å²) in [6, 6.07) is 9.88. The van der Waals surface area contributed by atoms with E-state index in [4.69, 9.17) is 0 Å². The lowest BCUT2D eigenvalue weighted by Gasteiger charge is -2.38. The lowest BCUT2D eigenvalue weighted by Crippen LogP contribution is -2.51. The summed E-state index contributed by atoms with van der Waals surface area (Å²) in [4.78, 5) is 11.9. The van der Waals surface area contributed by atoms with Gasteiger partial charge in [0, 0.05) is 5.56 Å². The molecule has 2 nitrogen and oxygen atoms in total. The average Bonchev–Trinajstić information content (AvgIpc) is 2.54. The number of hydrogen-bond acceptors (Lipinski definition) is 2. The second kappa shape index (κ2) is 5.63. The number of fused-ring (bicyclic) bond motifs is 1. The first-order valence-corrected chi connectivity index (χ1v) is 10.8. The maximum absolute atomic E-state index is 11.9. The van der Waals surface area contributed by atoms with Gasteiger partial charge in [0.25, 0.3) is 0 Å². The standard InChI is InChI=1S/C19H26O2Si/c1-13(21)17-15-11-9-7-8-10-14(15)16(12-20)18(17)22(5,6)19(2,3)4/h7-13,21H,1-6H3. The van der Waals surface area contributed by atoms with E-state index in [1.54, 1.807) is 6.92 Å². The second-order valence-corrected chi connectivity index (χ2v) is 12.9. The van der Waals surface area contributed by atoms with Crippen LogP contribution >= 0.6 is 0 Å². The predicted molar refractivity (Wildman–Crippen MR) is 95.9 cm³/mol. The van der Waals surface area contributed by atoms with Gasteiger partial charge in [-0.3, -0.25) is 4.79 Å². The van der Waals surface area contributed by atoms with Gasteiger partial charge in [-0.15, -0.1) is 0 Å². The normalized spacial score (nSPS) is 14.1. The van der Waals surface area contributed by atoms with E-state index >= 15 is 0 Å². The Balaban J connectivity index is 2.97. The minimum atomic E-state index is -1.95. The number of aliphatic hydroxyl groups is 1. The van der Waals surface area contributed by atoms with E-state index in [1.807, 2.05) is 30.3 Å². The Kier molecular flexibility index (Phi) is 4.33. The molecule has 0 aromatic carbocycles. The van der Waals surface area contributed by atoms with Crippen molar-refractivity contribution in [2.75, 3.05) is 0 Å². The zero-order chi connectivity index (χ0) is 16.7. The highest BCUT2D eigenvalue weighted by Crippen LogP contribution is 2.42. The first-order chi connectivity index (χ1) is 10.1. The summed E-state index contributed by atoms with van der Waals surface area (Å²) in [6.07, 6.45) is 0.395. The van der Waals surface area contributed by atoms with Crippen molar-refractivity contribution in [2.45, 2.75) is 51.9 Å². The molecule has 22 heavy (non-hydrogen) atoms. The van der Waals surface area contributed by atoms with Gasteiger partial charge < -0.3 is 5.11 Å². The number of rotatable bonds is 3. The van der Waals surface area contributed by atoms with Crippen LogP contribution in [0.3, 0.4) is 0 Å². The van der Waals surface area contributed by atoms with Crippen molar-refractivity contribution in [3.63, 3.8) is 0 Å². The molecule has 118 valence electrons. The van der Waals surface area contributed by atoms with Gasteiger partial charge in [-0.2, -0.15) is 0 Å². The molecule has 1 atom stereocenters. The van der Waals surface area contributed by atoms with E-state index in [1.165, 1.54) is 0 Å². The summed E-state index contributed by atoms with van der Waals surface area (Å²) in [7, 11) is -1.95. The maximum Gasteiger partial charge on any atom is 0.150 e. The quantitative estimate of drug-likeness (QED) is 0.674. The fraction of sp³-hybridized carbons (Fsp3) is 0.421. The Morgan fingerprint density at radius 3 is 2.09 bits per heavy atom. The SMILES string of the molecule is CC(O)c1c2cccccc-2c(C=O)c1[Si](C)(C)C(C)(C)C. The third-order valence-electron chi connectivity index (χ3n) is 5.19. The van der Waals surface area contributed by atoms with Crippen LogP contribution in [0.25, 0.3) is 11.1 Å². The molecule has 1 unspecified atom stereocenters. The third-order valence-corrected chi connectivity index (χ3v) is 10.7. The molecule has 0 aromatic rings. The van der Waals surface area contributed by atoms with Crippen LogP contribution in [0, 0.1) is 0 Å². The topological polar surface area (TPSA) is 37.3 Å². The molecule has 2 aliphatic rings. The minimum Gasteiger partial charge on any atom is -0.389 e. The molecular weight excluding hydrogens is 288 g/mol. The van der Waals surface area contributed by atoms with E-state index in [0.717, 1.165) is 33.7 Å². The molecule has 2 aliphatic carbocycles. The maximum atomic E-state index is 11.9. The van der Waals surface area contributed by atoms with Crippen LogP contribution in [-0.2, 0) is 0 Å². The number of carbonyl (C=O) groups excluding carboxylic acids is 1. The summed E-state index contributed by atoms with van der Waals surface area (Å²) in [6.45, 7) is 13.1. The van der Waals surface area contributed by atoms with Crippen molar-refractivity contribution in [3.05, 3.63) is 41.5 Å². The fourth-order valence-corrected chi connectivity index (χ4v) is 5.67. The highest BCUT2D eigenvalue weighted by atomic mass is 28.3. The summed E-state index contributed by atoms with van der Waals surface area (Å²) < 4.78 is 0. The van der Waals surface area contributed by atoms with Crippen LogP contribution < -0.4 is 5.19 Å². The van der Waals surface area contributed by atoms with Crippen LogP contribution in [0.5, 0.6) is 0 Å². The van der Waals surface area contributed by atoms with Gasteiger partial charge in [0.1, 0.15) is 0 Å². The van der Waals surface area contributed by atoms with E-state index in [-0.39, 0.29) is 5.04 Å². The summed E-state index contributed by atoms with van der Waals surface area (Å²) >= 11 is 0. The lowest BCUT2D eigenvalue weighted by atomic mass is 10.1. The molecule has 0 saturated heterocycles. The lowest BCUT2D eigenvalue weighted by molar-refractivity contribution is 0.112. The number of hydrogen-bond donors (Lipinski definition) is 1. The van der Waals surface area contributed by atoms with Crippen LogP contribution in [0.2, 0.25) is 18.1 Å². The number of carbonyl (C=O) groups is 1. The Labute approximate surface area is 134 Å². The molecule has 0 heterocycles. The highest BCUT2D eigenvalue weighted by molar-refractivity contribution is 6.93. The number of aliphatic hydroxyl groups excluding tert-OH is 1. The van der Waals surface area contributed by atoms with Gasteiger partial charge in [0.05, 0.1) is 14.2 Å². The van der Waals surface area contributed by atoms with Crippen molar-refractivity contribution in [3.8, 4) is 11.1 Å². The third kappa shape index (κ3) is 2.53. The predicted octanol–water partition coefficient (Wildman–Crippen LogP) is 4.37. The zero-order valence-corrected chi connectivity index (χ0v) is 15.4. The van der Waals surface area contributed by atoms with Crippen LogP contribution in [0.4, 0.5) is 0 Å². The zero-order valence-electron chi connectivity index (χ0n) is 14.4. The molecule has 0 spiro atoms. The van der Waals surface area contributed by atoms with E-state index in [9.17, 15) is 9.90 Å². The molecule has 0 fully saturated rings. The monoisotopic (exact) mass is 314 g/mol. The molecule has 2 rings (SSSR count). The van der Waals surface area contributed by atoms with Crippen molar-refractivity contribution in [2.24, 2.45) is 0 Å². The van der Waals surface area contributed by atoms with Gasteiger partial charge in [0.15, 0.2) is 6.29 Å². The second-order valence-electron chi connectivity index (χ2n) is 7.61. The fourth-order valence-electron chi connectivity index (χ4n) is 3.04. The van der Waals surface area contributed by atoms with Crippen molar-refractivity contribution < 1.29 is 9.90 Å². The summed E-state index contributed by atoms with van der Waals surface area (Å²) in [5.74, 6) is 0. The first-order valence-electron chi connectivity index (χ1n) is 7.81. The molecule has 1 N–H and O–H groups in total. The number of aldehydes is 1. The molecule has 3 heteroatoms.